The first-order valence-corrected chi connectivity index (χ1v) is 13.7. The molecule has 0 bridgehead atoms. The SMILES string of the molecule is CC(C)(C)[Si]([Se]c1ccccc1)(c1ccccc1)c1ccccc1. The molecule has 3 aromatic carbocycles. The third kappa shape index (κ3) is 3.28. The molecule has 24 heavy (non-hydrogen) atoms. The van der Waals surface area contributed by atoms with E-state index in [2.05, 4.69) is 112 Å². The van der Waals surface area contributed by atoms with Gasteiger partial charge in [-0.15, -0.1) is 0 Å². The fourth-order valence-electron chi connectivity index (χ4n) is 3.31. The van der Waals surface area contributed by atoms with Crippen molar-refractivity contribution < 1.29 is 0 Å². The summed E-state index contributed by atoms with van der Waals surface area (Å²) in [5.74, 6) is 0. The maximum absolute atomic E-state index is 2.43. The molecule has 0 aliphatic rings. The monoisotopic (exact) mass is 396 g/mol. The molecule has 0 unspecified atom stereocenters. The van der Waals surface area contributed by atoms with Crippen LogP contribution >= 0.6 is 0 Å². The van der Waals surface area contributed by atoms with E-state index in [0.717, 1.165) is 0 Å². The Labute approximate surface area is 152 Å². The Morgan fingerprint density at radius 2 is 0.958 bits per heavy atom. The Hall–Kier alpha value is -1.60. The van der Waals surface area contributed by atoms with Crippen LogP contribution in [0.15, 0.2) is 91.0 Å². The minimum atomic E-state index is -1.93. The van der Waals surface area contributed by atoms with Crippen molar-refractivity contribution in [3.05, 3.63) is 91.0 Å². The third-order valence-electron chi connectivity index (χ3n) is 4.43. The fourth-order valence-corrected chi connectivity index (χ4v) is 16.3. The van der Waals surface area contributed by atoms with Gasteiger partial charge in [0.15, 0.2) is 0 Å². The molecule has 0 aliphatic heterocycles. The Morgan fingerprint density at radius 3 is 1.33 bits per heavy atom. The summed E-state index contributed by atoms with van der Waals surface area (Å²) in [5, 5.41) is 3.34. The van der Waals surface area contributed by atoms with Gasteiger partial charge in [-0.2, -0.15) is 0 Å². The molecule has 0 heterocycles. The Bertz CT molecular complexity index is 722. The maximum atomic E-state index is 2.43. The minimum absolute atomic E-state index is 0.242. The normalized spacial score (nSPS) is 12.1. The van der Waals surface area contributed by atoms with E-state index in [0.29, 0.717) is 14.3 Å². The summed E-state index contributed by atoms with van der Waals surface area (Å²) in [6.07, 6.45) is 0. The summed E-state index contributed by atoms with van der Waals surface area (Å²) >= 11 is 0.412. The summed E-state index contributed by atoms with van der Waals surface area (Å²) in [5.41, 5.74) is 0. The van der Waals surface area contributed by atoms with Gasteiger partial charge in [0.05, 0.1) is 0 Å². The first-order chi connectivity index (χ1) is 11.5. The van der Waals surface area contributed by atoms with Crippen LogP contribution in [0.25, 0.3) is 0 Å². The van der Waals surface area contributed by atoms with Crippen LogP contribution in [-0.2, 0) is 0 Å². The van der Waals surface area contributed by atoms with Crippen LogP contribution in [0.2, 0.25) is 5.04 Å². The van der Waals surface area contributed by atoms with Gasteiger partial charge in [-0.25, -0.2) is 0 Å². The van der Waals surface area contributed by atoms with Crippen LogP contribution in [0.1, 0.15) is 20.8 Å². The molecule has 0 N–H and O–H groups in total. The molecule has 0 amide bonds. The van der Waals surface area contributed by atoms with Gasteiger partial charge in [-0.1, -0.05) is 0 Å². The number of hydrogen-bond donors (Lipinski definition) is 0. The van der Waals surface area contributed by atoms with E-state index >= 15 is 0 Å². The van der Waals surface area contributed by atoms with Gasteiger partial charge < -0.3 is 0 Å². The van der Waals surface area contributed by atoms with E-state index in [9.17, 15) is 0 Å². The third-order valence-corrected chi connectivity index (χ3v) is 20.2. The van der Waals surface area contributed by atoms with E-state index in [1.807, 2.05) is 0 Å². The van der Waals surface area contributed by atoms with Crippen molar-refractivity contribution in [2.45, 2.75) is 25.8 Å². The van der Waals surface area contributed by atoms with Gasteiger partial charge in [-0.3, -0.25) is 0 Å². The first-order valence-electron chi connectivity index (χ1n) is 8.39. The van der Waals surface area contributed by atoms with Crippen LogP contribution in [-0.4, -0.2) is 21.0 Å². The summed E-state index contributed by atoms with van der Waals surface area (Å²) in [4.78, 5) is 0. The van der Waals surface area contributed by atoms with Gasteiger partial charge in [0, 0.05) is 0 Å². The molecule has 0 radical (unpaired) electrons. The van der Waals surface area contributed by atoms with Crippen molar-refractivity contribution >= 4 is 35.8 Å². The van der Waals surface area contributed by atoms with Crippen molar-refractivity contribution in [1.82, 2.24) is 0 Å². The molecule has 0 atom stereocenters. The van der Waals surface area contributed by atoms with Gasteiger partial charge in [-0.05, 0) is 0 Å². The number of benzene rings is 3. The average molecular weight is 395 g/mol. The topological polar surface area (TPSA) is 0 Å². The molecular formula is C22H24SeSi. The number of hydrogen-bond acceptors (Lipinski definition) is 0. The first kappa shape index (κ1) is 17.2. The second-order valence-corrected chi connectivity index (χ2v) is 17.4. The van der Waals surface area contributed by atoms with E-state index in [1.54, 1.807) is 10.4 Å². The zero-order chi connectivity index (χ0) is 17.0. The molecule has 0 aromatic heterocycles. The van der Waals surface area contributed by atoms with Gasteiger partial charge >= 0.3 is 153 Å². The van der Waals surface area contributed by atoms with E-state index in [1.165, 1.54) is 4.46 Å². The standard InChI is InChI=1S/C22H24SeSi/c1-22(2,3)24(20-15-9-5-10-16-20,21-17-11-6-12-18-21)23-19-13-7-4-8-14-19/h4-18H,1-3H3. The average Bonchev–Trinajstić information content (AvgIpc) is 2.61. The quantitative estimate of drug-likeness (QED) is 0.593. The van der Waals surface area contributed by atoms with Crippen molar-refractivity contribution in [2.24, 2.45) is 0 Å². The predicted octanol–water partition coefficient (Wildman–Crippen LogP) is 3.58. The van der Waals surface area contributed by atoms with Crippen molar-refractivity contribution in [3.63, 3.8) is 0 Å². The van der Waals surface area contributed by atoms with Crippen LogP contribution in [0, 0.1) is 0 Å². The molecule has 0 saturated heterocycles. The van der Waals surface area contributed by atoms with Crippen molar-refractivity contribution in [3.8, 4) is 0 Å². The Kier molecular flexibility index (Phi) is 5.10. The molecule has 0 spiro atoms. The predicted molar refractivity (Wildman–Crippen MR) is 109 cm³/mol. The summed E-state index contributed by atoms with van der Waals surface area (Å²) < 4.78 is 1.50. The molecule has 0 saturated carbocycles. The van der Waals surface area contributed by atoms with Crippen LogP contribution in [0.5, 0.6) is 0 Å². The van der Waals surface area contributed by atoms with E-state index in [4.69, 9.17) is 0 Å². The van der Waals surface area contributed by atoms with E-state index < -0.39 is 6.68 Å². The fraction of sp³-hybridized carbons (Fsp3) is 0.182. The van der Waals surface area contributed by atoms with Gasteiger partial charge in [0.2, 0.25) is 0 Å². The van der Waals surface area contributed by atoms with Gasteiger partial charge in [0.25, 0.3) is 0 Å². The second-order valence-electron chi connectivity index (χ2n) is 7.08. The molecule has 3 aromatic rings. The summed E-state index contributed by atoms with van der Waals surface area (Å²) in [6.45, 7) is 5.38. The van der Waals surface area contributed by atoms with Gasteiger partial charge in [0.1, 0.15) is 0 Å². The molecule has 0 aliphatic carbocycles. The molecule has 0 nitrogen and oxygen atoms in total. The summed E-state index contributed by atoms with van der Waals surface area (Å²) in [7, 11) is 0. The summed E-state index contributed by atoms with van der Waals surface area (Å²) in [6, 6.07) is 33.6. The zero-order valence-electron chi connectivity index (χ0n) is 14.6. The molecule has 3 rings (SSSR count). The van der Waals surface area contributed by atoms with E-state index in [-0.39, 0.29) is 5.04 Å². The Balaban J connectivity index is 2.25. The van der Waals surface area contributed by atoms with Crippen molar-refractivity contribution in [1.29, 1.82) is 0 Å². The zero-order valence-corrected chi connectivity index (χ0v) is 17.3. The van der Waals surface area contributed by atoms with Crippen LogP contribution in [0.3, 0.4) is 0 Å². The Morgan fingerprint density at radius 1 is 0.583 bits per heavy atom. The second kappa shape index (κ2) is 7.10. The number of rotatable bonds is 4. The molecule has 0 fully saturated rings. The molecular weight excluding hydrogens is 371 g/mol. The molecule has 122 valence electrons. The van der Waals surface area contributed by atoms with Crippen molar-refractivity contribution in [2.75, 3.05) is 0 Å². The molecule has 2 heteroatoms. The van der Waals surface area contributed by atoms with Crippen LogP contribution < -0.4 is 14.8 Å². The van der Waals surface area contributed by atoms with Crippen LogP contribution in [0.4, 0.5) is 0 Å².